The number of halogens is 4. The van der Waals surface area contributed by atoms with Crippen molar-refractivity contribution in [2.24, 2.45) is 0 Å². The molecule has 0 fully saturated rings. The number of hydrazine groups is 2. The third-order valence-corrected chi connectivity index (χ3v) is 7.83. The molecule has 1 aliphatic rings. The zero-order valence-electron chi connectivity index (χ0n) is 22.1. The number of aliphatic hydroxyl groups is 1. The number of hydrogen-bond acceptors (Lipinski definition) is 7. The van der Waals surface area contributed by atoms with Crippen LogP contribution in [0.15, 0.2) is 71.9 Å². The van der Waals surface area contributed by atoms with E-state index in [9.17, 15) is 31.1 Å². The van der Waals surface area contributed by atoms with Crippen molar-refractivity contribution in [3.63, 3.8) is 0 Å². The molecule has 0 radical (unpaired) electrons. The van der Waals surface area contributed by atoms with Gasteiger partial charge in [-0.15, -0.1) is 5.53 Å². The maximum atomic E-state index is 15.0. The van der Waals surface area contributed by atoms with Gasteiger partial charge in [0.2, 0.25) is 0 Å². The van der Waals surface area contributed by atoms with Crippen molar-refractivity contribution in [2.75, 3.05) is 11.3 Å². The molecule has 3 N–H and O–H groups in total. The molecule has 0 unspecified atom stereocenters. The summed E-state index contributed by atoms with van der Waals surface area (Å²) in [5.41, 5.74) is 8.19. The summed E-state index contributed by atoms with van der Waals surface area (Å²) >= 11 is 0. The minimum Gasteiger partial charge on any atom is -0.392 e. The minimum absolute atomic E-state index is 0.0806. The summed E-state index contributed by atoms with van der Waals surface area (Å²) in [7, 11) is -3.90. The fourth-order valence-electron chi connectivity index (χ4n) is 4.62. The third kappa shape index (κ3) is 5.43. The van der Waals surface area contributed by atoms with Crippen molar-refractivity contribution < 1.29 is 31.1 Å². The van der Waals surface area contributed by atoms with E-state index in [0.717, 1.165) is 29.6 Å². The molecule has 13 heteroatoms. The third-order valence-electron chi connectivity index (χ3n) is 6.67. The molecular formula is C28H25F4N5O3S. The van der Waals surface area contributed by atoms with Crippen molar-refractivity contribution in [1.82, 2.24) is 20.5 Å². The SMILES string of the molecule is Cc1ccc(C2=CNNN2c2cc(-c3cc(F)c(CO)c(S(C)(=O)=O)c3)ccc2-n2cc(C(F)(F)F)nc2C)cc1. The molecule has 0 saturated heterocycles. The van der Waals surface area contributed by atoms with Crippen molar-refractivity contribution in [3.05, 3.63) is 101 Å². The Hall–Kier alpha value is -4.20. The molecular weight excluding hydrogens is 562 g/mol. The van der Waals surface area contributed by atoms with E-state index in [1.165, 1.54) is 17.6 Å². The van der Waals surface area contributed by atoms with Crippen molar-refractivity contribution in [2.45, 2.75) is 31.5 Å². The first-order valence-corrected chi connectivity index (χ1v) is 14.2. The van der Waals surface area contributed by atoms with Gasteiger partial charge in [-0.2, -0.15) is 13.2 Å². The predicted octanol–water partition coefficient (Wildman–Crippen LogP) is 5.04. The van der Waals surface area contributed by atoms with Gasteiger partial charge in [0.1, 0.15) is 11.6 Å². The van der Waals surface area contributed by atoms with Gasteiger partial charge >= 0.3 is 6.18 Å². The second kappa shape index (κ2) is 10.3. The van der Waals surface area contributed by atoms with E-state index in [1.807, 2.05) is 31.2 Å². The van der Waals surface area contributed by atoms with Crippen LogP contribution in [0.4, 0.5) is 23.2 Å². The van der Waals surface area contributed by atoms with E-state index in [0.29, 0.717) is 22.6 Å². The number of anilines is 1. The maximum Gasteiger partial charge on any atom is 0.434 e. The fraction of sp³-hybridized carbons (Fsp3) is 0.179. The van der Waals surface area contributed by atoms with E-state index in [1.54, 1.807) is 29.4 Å². The molecule has 41 heavy (non-hydrogen) atoms. The number of imidazole rings is 1. The monoisotopic (exact) mass is 587 g/mol. The molecule has 8 nitrogen and oxygen atoms in total. The summed E-state index contributed by atoms with van der Waals surface area (Å²) in [6, 6.07) is 14.7. The first-order chi connectivity index (χ1) is 19.3. The van der Waals surface area contributed by atoms with Gasteiger partial charge in [0.15, 0.2) is 15.5 Å². The Kier molecular flexibility index (Phi) is 7.14. The van der Waals surface area contributed by atoms with Gasteiger partial charge in [0, 0.05) is 29.8 Å². The van der Waals surface area contributed by atoms with E-state index in [2.05, 4.69) is 15.9 Å². The number of aromatic nitrogens is 2. The van der Waals surface area contributed by atoms with Crippen LogP contribution in [0.5, 0.6) is 0 Å². The molecule has 3 aromatic carbocycles. The number of sulfone groups is 1. The molecule has 0 saturated carbocycles. The molecule has 0 aliphatic carbocycles. The summed E-state index contributed by atoms with van der Waals surface area (Å²) < 4.78 is 81.6. The lowest BCUT2D eigenvalue weighted by Gasteiger charge is -2.26. The van der Waals surface area contributed by atoms with Crippen LogP contribution in [0.3, 0.4) is 0 Å². The summed E-state index contributed by atoms with van der Waals surface area (Å²) in [5, 5.41) is 11.2. The van der Waals surface area contributed by atoms with Gasteiger partial charge in [-0.3, -0.25) is 5.01 Å². The molecule has 0 spiro atoms. The van der Waals surface area contributed by atoms with Gasteiger partial charge in [0.25, 0.3) is 0 Å². The number of alkyl halides is 3. The van der Waals surface area contributed by atoms with Crippen molar-refractivity contribution in [1.29, 1.82) is 0 Å². The molecule has 0 atom stereocenters. The second-order valence-electron chi connectivity index (χ2n) is 9.60. The number of aliphatic hydroxyl groups excluding tert-OH is 1. The Morgan fingerprint density at radius 3 is 2.24 bits per heavy atom. The number of rotatable bonds is 6. The van der Waals surface area contributed by atoms with E-state index in [-0.39, 0.29) is 21.8 Å². The fourth-order valence-corrected chi connectivity index (χ4v) is 5.57. The maximum absolute atomic E-state index is 15.0. The molecule has 2 heterocycles. The molecule has 1 aromatic heterocycles. The molecule has 1 aliphatic heterocycles. The first kappa shape index (κ1) is 28.3. The lowest BCUT2D eigenvalue weighted by Crippen LogP contribution is -2.37. The number of nitrogens with one attached hydrogen (secondary N) is 2. The van der Waals surface area contributed by atoms with Crippen LogP contribution >= 0.6 is 0 Å². The Balaban J connectivity index is 1.72. The first-order valence-electron chi connectivity index (χ1n) is 12.3. The van der Waals surface area contributed by atoms with E-state index >= 15 is 0 Å². The molecule has 0 amide bonds. The Morgan fingerprint density at radius 1 is 0.951 bits per heavy atom. The van der Waals surface area contributed by atoms with Crippen LogP contribution in [0, 0.1) is 19.7 Å². The Labute approximate surface area is 233 Å². The zero-order valence-corrected chi connectivity index (χ0v) is 22.9. The van der Waals surface area contributed by atoms with Gasteiger partial charge in [-0.25, -0.2) is 17.8 Å². The Morgan fingerprint density at radius 2 is 1.63 bits per heavy atom. The van der Waals surface area contributed by atoms with Crippen LogP contribution in [0.2, 0.25) is 0 Å². The number of hydrogen-bond donors (Lipinski definition) is 3. The number of benzene rings is 3. The van der Waals surface area contributed by atoms with E-state index in [4.69, 9.17) is 0 Å². The summed E-state index contributed by atoms with van der Waals surface area (Å²) in [6.07, 6.45) is -1.17. The summed E-state index contributed by atoms with van der Waals surface area (Å²) in [5.74, 6) is -0.824. The van der Waals surface area contributed by atoms with Crippen LogP contribution in [-0.4, -0.2) is 29.3 Å². The van der Waals surface area contributed by atoms with Crippen molar-refractivity contribution in [3.8, 4) is 16.8 Å². The average molecular weight is 588 g/mol. The highest BCUT2D eigenvalue weighted by atomic mass is 32.2. The van der Waals surface area contributed by atoms with E-state index < -0.39 is 34.1 Å². The lowest BCUT2D eigenvalue weighted by atomic mass is 10.0. The topological polar surface area (TPSA) is 99.5 Å². The molecule has 4 aromatic rings. The van der Waals surface area contributed by atoms with Crippen LogP contribution in [0.1, 0.15) is 28.2 Å². The highest BCUT2D eigenvalue weighted by Gasteiger charge is 2.35. The second-order valence-corrected chi connectivity index (χ2v) is 11.6. The number of nitrogens with zero attached hydrogens (tertiary/aromatic N) is 3. The zero-order chi connectivity index (χ0) is 29.7. The Bertz CT molecular complexity index is 1780. The van der Waals surface area contributed by atoms with Crippen LogP contribution in [0.25, 0.3) is 22.5 Å². The quantitative estimate of drug-likeness (QED) is 0.272. The summed E-state index contributed by atoms with van der Waals surface area (Å²) in [6.45, 7) is 2.57. The summed E-state index contributed by atoms with van der Waals surface area (Å²) in [4.78, 5) is 3.33. The van der Waals surface area contributed by atoms with Crippen LogP contribution in [-0.2, 0) is 22.6 Å². The average Bonchev–Trinajstić information content (AvgIpc) is 3.55. The van der Waals surface area contributed by atoms with Gasteiger partial charge in [-0.05, 0) is 49.2 Å². The minimum atomic E-state index is -4.66. The largest absolute Gasteiger partial charge is 0.434 e. The normalized spacial score (nSPS) is 13.9. The molecule has 0 bridgehead atoms. The van der Waals surface area contributed by atoms with Crippen LogP contribution < -0.4 is 16.0 Å². The van der Waals surface area contributed by atoms with Gasteiger partial charge in [-0.1, -0.05) is 35.9 Å². The molecule has 214 valence electrons. The number of aryl methyl sites for hydroxylation is 2. The van der Waals surface area contributed by atoms with Gasteiger partial charge in [0.05, 0.1) is 28.6 Å². The smallest absolute Gasteiger partial charge is 0.392 e. The predicted molar refractivity (Wildman–Crippen MR) is 146 cm³/mol. The molecule has 5 rings (SSSR count). The standard InChI is InChI=1S/C28H25F4N5O3S/c1-16-4-6-18(7-5-16)25-13-33-35-37(25)24-11-19(20-10-22(29)21(15-38)26(12-20)41(3,39)40)8-9-23(24)36-14-27(28(30,31)32)34-17(36)2/h4-14,33,35,38H,15H2,1-3H3. The van der Waals surface area contributed by atoms with Crippen molar-refractivity contribution >= 4 is 21.2 Å². The highest BCUT2D eigenvalue weighted by molar-refractivity contribution is 7.90. The lowest BCUT2D eigenvalue weighted by molar-refractivity contribution is -0.141. The highest BCUT2D eigenvalue weighted by Crippen LogP contribution is 2.38. The van der Waals surface area contributed by atoms with Gasteiger partial charge < -0.3 is 15.1 Å².